The quantitative estimate of drug-likeness (QED) is 0.789. The molecule has 22 heavy (non-hydrogen) atoms. The molecular weight excluding hydrogens is 298 g/mol. The largest absolute Gasteiger partial charge is 0.327 e. The number of hydrogen-bond donors (Lipinski definition) is 1. The third kappa shape index (κ3) is 2.50. The summed E-state index contributed by atoms with van der Waals surface area (Å²) >= 11 is 0. The van der Waals surface area contributed by atoms with Crippen LogP contribution in [0.3, 0.4) is 0 Å². The Kier molecular flexibility index (Phi) is 3.29. The van der Waals surface area contributed by atoms with Gasteiger partial charge in [0.05, 0.1) is 5.52 Å². The summed E-state index contributed by atoms with van der Waals surface area (Å²) in [5.74, 6) is 0. The van der Waals surface area contributed by atoms with Crippen molar-refractivity contribution in [3.63, 3.8) is 0 Å². The highest BCUT2D eigenvalue weighted by molar-refractivity contribution is 7.90. The van der Waals surface area contributed by atoms with E-state index in [4.69, 9.17) is 0 Å². The fourth-order valence-electron chi connectivity index (χ4n) is 2.83. The molecule has 0 aliphatic heterocycles. The number of aromatic amines is 1. The molecule has 0 atom stereocenters. The zero-order chi connectivity index (χ0) is 16.1. The standard InChI is InChI=1S/C16H17N3O2S/c1-9-5-10(2)14(11(3)6-9)12-7-13-15(17-8-12)19-16(18-13)22(4,20)21/h5-8H,1-4H3,(H,17,18,19). The van der Waals surface area contributed by atoms with E-state index in [0.717, 1.165) is 17.4 Å². The normalized spacial score (nSPS) is 12.0. The fourth-order valence-corrected chi connectivity index (χ4v) is 3.37. The molecule has 0 radical (unpaired) electrons. The molecule has 0 aliphatic carbocycles. The van der Waals surface area contributed by atoms with Crippen LogP contribution in [0.2, 0.25) is 0 Å². The van der Waals surface area contributed by atoms with Gasteiger partial charge in [0.15, 0.2) is 5.65 Å². The van der Waals surface area contributed by atoms with Crippen LogP contribution >= 0.6 is 0 Å². The Morgan fingerprint density at radius 1 is 1.05 bits per heavy atom. The molecule has 0 spiro atoms. The van der Waals surface area contributed by atoms with Crippen molar-refractivity contribution in [2.75, 3.05) is 6.26 Å². The van der Waals surface area contributed by atoms with E-state index in [-0.39, 0.29) is 5.16 Å². The number of rotatable bonds is 2. The highest BCUT2D eigenvalue weighted by atomic mass is 32.2. The molecule has 1 N–H and O–H groups in total. The smallest absolute Gasteiger partial charge is 0.227 e. The van der Waals surface area contributed by atoms with Gasteiger partial charge in [-0.05, 0) is 43.5 Å². The molecule has 6 heteroatoms. The average molecular weight is 315 g/mol. The summed E-state index contributed by atoms with van der Waals surface area (Å²) in [6.07, 6.45) is 2.86. The Morgan fingerprint density at radius 3 is 2.27 bits per heavy atom. The highest BCUT2D eigenvalue weighted by Gasteiger charge is 2.15. The van der Waals surface area contributed by atoms with Crippen LogP contribution in [0.4, 0.5) is 0 Å². The van der Waals surface area contributed by atoms with Crippen molar-refractivity contribution in [1.29, 1.82) is 0 Å². The van der Waals surface area contributed by atoms with Crippen molar-refractivity contribution in [3.05, 3.63) is 41.1 Å². The second-order valence-corrected chi connectivity index (χ2v) is 7.61. The minimum atomic E-state index is -3.37. The van der Waals surface area contributed by atoms with Gasteiger partial charge >= 0.3 is 0 Å². The summed E-state index contributed by atoms with van der Waals surface area (Å²) in [4.78, 5) is 11.1. The first kappa shape index (κ1) is 14.7. The molecule has 0 bridgehead atoms. The third-order valence-electron chi connectivity index (χ3n) is 3.63. The molecule has 2 aromatic heterocycles. The van der Waals surface area contributed by atoms with E-state index in [0.29, 0.717) is 11.2 Å². The van der Waals surface area contributed by atoms with Gasteiger partial charge in [0.2, 0.25) is 15.0 Å². The molecule has 5 nitrogen and oxygen atoms in total. The second kappa shape index (κ2) is 4.91. The number of benzene rings is 1. The van der Waals surface area contributed by atoms with Gasteiger partial charge in [-0.15, -0.1) is 0 Å². The van der Waals surface area contributed by atoms with E-state index in [2.05, 4.69) is 47.9 Å². The van der Waals surface area contributed by atoms with E-state index in [1.54, 1.807) is 6.20 Å². The van der Waals surface area contributed by atoms with Crippen LogP contribution in [0, 0.1) is 20.8 Å². The molecule has 114 valence electrons. The van der Waals surface area contributed by atoms with Crippen LogP contribution in [0.1, 0.15) is 16.7 Å². The van der Waals surface area contributed by atoms with Gasteiger partial charge in [-0.2, -0.15) is 4.98 Å². The summed E-state index contributed by atoms with van der Waals surface area (Å²) < 4.78 is 23.2. The van der Waals surface area contributed by atoms with Gasteiger partial charge in [0.1, 0.15) is 0 Å². The first-order valence-electron chi connectivity index (χ1n) is 6.90. The van der Waals surface area contributed by atoms with Gasteiger partial charge in [-0.1, -0.05) is 17.7 Å². The van der Waals surface area contributed by atoms with Gasteiger partial charge in [-0.25, -0.2) is 13.4 Å². The number of pyridine rings is 1. The summed E-state index contributed by atoms with van der Waals surface area (Å²) in [7, 11) is -3.37. The summed E-state index contributed by atoms with van der Waals surface area (Å²) in [6.45, 7) is 6.20. The van der Waals surface area contributed by atoms with Crippen molar-refractivity contribution in [1.82, 2.24) is 15.0 Å². The predicted octanol–water partition coefficient (Wildman–Crippen LogP) is 2.95. The minimum Gasteiger partial charge on any atom is -0.327 e. The molecule has 0 fully saturated rings. The number of aromatic nitrogens is 3. The number of hydrogen-bond acceptors (Lipinski definition) is 4. The van der Waals surface area contributed by atoms with Gasteiger partial charge in [-0.3, -0.25) is 0 Å². The van der Waals surface area contributed by atoms with Crippen LogP contribution in [-0.2, 0) is 9.84 Å². The second-order valence-electron chi connectivity index (χ2n) is 5.68. The SMILES string of the molecule is Cc1cc(C)c(-c2cnc3nc(S(C)(=O)=O)[nH]c3c2)c(C)c1. The van der Waals surface area contributed by atoms with Crippen molar-refractivity contribution in [2.24, 2.45) is 0 Å². The van der Waals surface area contributed by atoms with E-state index >= 15 is 0 Å². The average Bonchev–Trinajstić information content (AvgIpc) is 2.80. The number of aryl methyl sites for hydroxylation is 3. The lowest BCUT2D eigenvalue weighted by Crippen LogP contribution is -1.98. The Labute approximate surface area is 129 Å². The van der Waals surface area contributed by atoms with Gasteiger partial charge in [0, 0.05) is 18.0 Å². The molecule has 0 saturated carbocycles. The van der Waals surface area contributed by atoms with Crippen molar-refractivity contribution >= 4 is 21.0 Å². The van der Waals surface area contributed by atoms with Gasteiger partial charge in [0.25, 0.3) is 0 Å². The maximum atomic E-state index is 11.6. The number of nitrogens with zero attached hydrogens (tertiary/aromatic N) is 2. The van der Waals surface area contributed by atoms with E-state index < -0.39 is 9.84 Å². The molecule has 3 rings (SSSR count). The lowest BCUT2D eigenvalue weighted by molar-refractivity contribution is 0.595. The van der Waals surface area contributed by atoms with Crippen LogP contribution in [-0.4, -0.2) is 29.6 Å². The topological polar surface area (TPSA) is 75.7 Å². The van der Waals surface area contributed by atoms with Crippen LogP contribution < -0.4 is 0 Å². The summed E-state index contributed by atoms with van der Waals surface area (Å²) in [6, 6.07) is 6.15. The zero-order valence-electron chi connectivity index (χ0n) is 12.9. The van der Waals surface area contributed by atoms with E-state index in [9.17, 15) is 8.42 Å². The molecule has 0 amide bonds. The Bertz CT molecular complexity index is 965. The Hall–Kier alpha value is -2.21. The Balaban J connectivity index is 2.21. The lowest BCUT2D eigenvalue weighted by atomic mass is 9.95. The first-order valence-corrected chi connectivity index (χ1v) is 8.79. The zero-order valence-corrected chi connectivity index (χ0v) is 13.7. The number of fused-ring (bicyclic) bond motifs is 1. The third-order valence-corrected chi connectivity index (χ3v) is 4.53. The predicted molar refractivity (Wildman–Crippen MR) is 86.6 cm³/mol. The molecular formula is C16H17N3O2S. The first-order chi connectivity index (χ1) is 10.3. The highest BCUT2D eigenvalue weighted by Crippen LogP contribution is 2.29. The fraction of sp³-hybridized carbons (Fsp3) is 0.250. The van der Waals surface area contributed by atoms with Crippen molar-refractivity contribution < 1.29 is 8.42 Å². The molecule has 3 aromatic rings. The maximum absolute atomic E-state index is 11.6. The van der Waals surface area contributed by atoms with Crippen LogP contribution in [0.15, 0.2) is 29.6 Å². The van der Waals surface area contributed by atoms with Gasteiger partial charge < -0.3 is 4.98 Å². The molecule has 0 unspecified atom stereocenters. The molecule has 0 aliphatic rings. The number of sulfone groups is 1. The maximum Gasteiger partial charge on any atom is 0.227 e. The summed E-state index contributed by atoms with van der Waals surface area (Å²) in [5.41, 5.74) is 6.65. The number of nitrogens with one attached hydrogen (secondary N) is 1. The lowest BCUT2D eigenvalue weighted by Gasteiger charge is -2.11. The molecule has 0 saturated heterocycles. The Morgan fingerprint density at radius 2 is 1.68 bits per heavy atom. The van der Waals surface area contributed by atoms with Crippen LogP contribution in [0.25, 0.3) is 22.3 Å². The monoisotopic (exact) mass is 315 g/mol. The molecule has 2 heterocycles. The summed E-state index contributed by atoms with van der Waals surface area (Å²) in [5, 5.41) is -0.0514. The number of H-pyrrole nitrogens is 1. The molecule has 1 aromatic carbocycles. The van der Waals surface area contributed by atoms with E-state index in [1.807, 2.05) is 6.07 Å². The minimum absolute atomic E-state index is 0.0514. The van der Waals surface area contributed by atoms with Crippen molar-refractivity contribution in [3.8, 4) is 11.1 Å². The van der Waals surface area contributed by atoms with E-state index in [1.165, 1.54) is 16.7 Å². The number of imidazole rings is 1. The van der Waals surface area contributed by atoms with Crippen molar-refractivity contribution in [2.45, 2.75) is 25.9 Å². The van der Waals surface area contributed by atoms with Crippen LogP contribution in [0.5, 0.6) is 0 Å².